The van der Waals surface area contributed by atoms with Crippen molar-refractivity contribution in [2.45, 2.75) is 316 Å². The van der Waals surface area contributed by atoms with E-state index in [1.54, 1.807) is 0 Å². The highest BCUT2D eigenvalue weighted by Crippen LogP contribution is 2.16. The molecular weight excluding hydrogens is 937 g/mol. The first-order valence-corrected chi connectivity index (χ1v) is 32.2. The summed E-state index contributed by atoms with van der Waals surface area (Å²) in [4.78, 5) is 38.4. The van der Waals surface area contributed by atoms with E-state index in [0.29, 0.717) is 19.3 Å². The van der Waals surface area contributed by atoms with Gasteiger partial charge in [0.25, 0.3) is 0 Å². The van der Waals surface area contributed by atoms with Crippen LogP contribution in [0.15, 0.2) is 97.2 Å². The third kappa shape index (κ3) is 61.2. The van der Waals surface area contributed by atoms with Gasteiger partial charge in [-0.3, -0.25) is 14.4 Å². The average Bonchev–Trinajstić information content (AvgIpc) is 3.42. The van der Waals surface area contributed by atoms with Crippen LogP contribution in [0, 0.1) is 0 Å². The van der Waals surface area contributed by atoms with Crippen LogP contribution >= 0.6 is 0 Å². The van der Waals surface area contributed by atoms with Gasteiger partial charge in [0, 0.05) is 19.3 Å². The summed E-state index contributed by atoms with van der Waals surface area (Å²) in [6.07, 6.45) is 85.5. The van der Waals surface area contributed by atoms with E-state index in [0.717, 1.165) is 109 Å². The topological polar surface area (TPSA) is 78.9 Å². The zero-order valence-corrected chi connectivity index (χ0v) is 50.0. The largest absolute Gasteiger partial charge is 0.462 e. The molecule has 0 radical (unpaired) electrons. The van der Waals surface area contributed by atoms with Gasteiger partial charge in [-0.15, -0.1) is 0 Å². The Morgan fingerprint density at radius 3 is 0.816 bits per heavy atom. The van der Waals surface area contributed by atoms with Crippen LogP contribution in [0.1, 0.15) is 310 Å². The van der Waals surface area contributed by atoms with Crippen LogP contribution in [0.2, 0.25) is 0 Å². The third-order valence-electron chi connectivity index (χ3n) is 13.8. The second-order valence-electron chi connectivity index (χ2n) is 21.3. The molecule has 0 aliphatic carbocycles. The molecule has 0 aromatic carbocycles. The molecule has 1 atom stereocenters. The highest BCUT2D eigenvalue weighted by molar-refractivity contribution is 5.71. The zero-order chi connectivity index (χ0) is 55.0. The molecule has 6 nitrogen and oxygen atoms in total. The maximum atomic E-state index is 12.9. The van der Waals surface area contributed by atoms with Gasteiger partial charge in [-0.1, -0.05) is 272 Å². The minimum atomic E-state index is -0.788. The Morgan fingerprint density at radius 2 is 0.513 bits per heavy atom. The molecule has 0 aromatic heterocycles. The quantitative estimate of drug-likeness (QED) is 0.0261. The van der Waals surface area contributed by atoms with Gasteiger partial charge in [-0.2, -0.15) is 0 Å². The summed E-state index contributed by atoms with van der Waals surface area (Å²) in [5, 5.41) is 0. The summed E-state index contributed by atoms with van der Waals surface area (Å²) in [5.41, 5.74) is 0. The van der Waals surface area contributed by atoms with Gasteiger partial charge in [0.05, 0.1) is 0 Å². The second kappa shape index (κ2) is 63.9. The van der Waals surface area contributed by atoms with Crippen molar-refractivity contribution in [2.75, 3.05) is 13.2 Å². The van der Waals surface area contributed by atoms with Crippen LogP contribution in [0.25, 0.3) is 0 Å². The average molecular weight is 1060 g/mol. The van der Waals surface area contributed by atoms with Crippen molar-refractivity contribution in [3.05, 3.63) is 97.2 Å². The lowest BCUT2D eigenvalue weighted by Crippen LogP contribution is -2.30. The van der Waals surface area contributed by atoms with Gasteiger partial charge in [0.15, 0.2) is 6.10 Å². The lowest BCUT2D eigenvalue weighted by Gasteiger charge is -2.18. The number of carbonyl (C=O) groups excluding carboxylic acids is 3. The maximum Gasteiger partial charge on any atom is 0.306 e. The molecule has 0 N–H and O–H groups in total. The van der Waals surface area contributed by atoms with Crippen molar-refractivity contribution in [1.29, 1.82) is 0 Å². The van der Waals surface area contributed by atoms with Crippen molar-refractivity contribution < 1.29 is 28.6 Å². The number of unbranched alkanes of at least 4 members (excludes halogenated alkanes) is 31. The van der Waals surface area contributed by atoms with E-state index in [9.17, 15) is 14.4 Å². The molecule has 6 heteroatoms. The first kappa shape index (κ1) is 72.3. The predicted molar refractivity (Wildman–Crippen MR) is 330 cm³/mol. The summed E-state index contributed by atoms with van der Waals surface area (Å²) < 4.78 is 16.9. The molecule has 0 fully saturated rings. The highest BCUT2D eigenvalue weighted by Gasteiger charge is 2.19. The smallest absolute Gasteiger partial charge is 0.306 e. The molecule has 0 saturated heterocycles. The van der Waals surface area contributed by atoms with Crippen LogP contribution in [-0.4, -0.2) is 37.2 Å². The molecule has 0 saturated carbocycles. The fraction of sp³-hybridized carbons (Fsp3) is 0.729. The first-order chi connectivity index (χ1) is 37.5. The minimum absolute atomic E-state index is 0.0839. The summed E-state index contributed by atoms with van der Waals surface area (Å²) in [5.74, 6) is -0.891. The van der Waals surface area contributed by atoms with E-state index in [-0.39, 0.29) is 31.1 Å². The van der Waals surface area contributed by atoms with Crippen LogP contribution in [0.4, 0.5) is 0 Å². The maximum absolute atomic E-state index is 12.9. The van der Waals surface area contributed by atoms with E-state index in [1.165, 1.54) is 161 Å². The summed E-state index contributed by atoms with van der Waals surface area (Å²) in [6, 6.07) is 0. The van der Waals surface area contributed by atoms with Gasteiger partial charge in [-0.25, -0.2) is 0 Å². The van der Waals surface area contributed by atoms with Crippen molar-refractivity contribution >= 4 is 17.9 Å². The van der Waals surface area contributed by atoms with Gasteiger partial charge >= 0.3 is 17.9 Å². The van der Waals surface area contributed by atoms with Crippen LogP contribution in [0.5, 0.6) is 0 Å². The second-order valence-corrected chi connectivity index (χ2v) is 21.3. The predicted octanol–water partition coefficient (Wildman–Crippen LogP) is 22.0. The summed E-state index contributed by atoms with van der Waals surface area (Å²) in [7, 11) is 0. The number of rotatable bonds is 58. The van der Waals surface area contributed by atoms with Crippen LogP contribution < -0.4 is 0 Å². The van der Waals surface area contributed by atoms with E-state index in [2.05, 4.69) is 118 Å². The molecular formula is C70H120O6. The fourth-order valence-corrected chi connectivity index (χ4v) is 9.03. The molecule has 0 rings (SSSR count). The highest BCUT2D eigenvalue weighted by atomic mass is 16.6. The van der Waals surface area contributed by atoms with E-state index in [4.69, 9.17) is 14.2 Å². The van der Waals surface area contributed by atoms with Crippen LogP contribution in [0.3, 0.4) is 0 Å². The Labute approximate surface area is 470 Å². The summed E-state index contributed by atoms with van der Waals surface area (Å²) >= 11 is 0. The molecule has 0 spiro atoms. The fourth-order valence-electron chi connectivity index (χ4n) is 9.03. The van der Waals surface area contributed by atoms with Crippen molar-refractivity contribution in [3.63, 3.8) is 0 Å². The lowest BCUT2D eigenvalue weighted by molar-refractivity contribution is -0.167. The monoisotopic (exact) mass is 1060 g/mol. The Morgan fingerprint density at radius 1 is 0.276 bits per heavy atom. The molecule has 0 aliphatic heterocycles. The van der Waals surface area contributed by atoms with Gasteiger partial charge in [-0.05, 0) is 116 Å². The van der Waals surface area contributed by atoms with E-state index >= 15 is 0 Å². The molecule has 0 amide bonds. The Hall–Kier alpha value is -3.67. The molecule has 1 unspecified atom stereocenters. The number of esters is 3. The molecule has 436 valence electrons. The van der Waals surface area contributed by atoms with E-state index < -0.39 is 6.10 Å². The Bertz CT molecular complexity index is 1490. The number of hydrogen-bond donors (Lipinski definition) is 0. The minimum Gasteiger partial charge on any atom is -0.462 e. The lowest BCUT2D eigenvalue weighted by atomic mass is 10.1. The number of carbonyl (C=O) groups is 3. The number of ether oxygens (including phenoxy) is 3. The normalized spacial score (nSPS) is 12.7. The first-order valence-electron chi connectivity index (χ1n) is 32.2. The van der Waals surface area contributed by atoms with Gasteiger partial charge < -0.3 is 14.2 Å². The standard InChI is InChI=1S/C70H120O6/c1-4-7-10-13-16-19-22-25-28-31-33-34-35-36-37-40-42-45-48-51-54-57-60-63-69(72)75-66-67(65-74-68(71)62-59-56-53-50-47-44-41-38-30-27-24-21-18-15-12-9-6-3)76-70(73)64-61-58-55-52-49-46-43-39-32-29-26-23-20-17-14-11-8-5-2/h7,9-10,12,16,18-19,21,25,27-30,32-34,67H,4-6,8,11,13-15,17,20,22-24,26,31,35-66H2,1-3H3/b10-7-,12-9-,19-16-,21-18-,28-25-,30-27-,32-29-,34-33-. The molecule has 0 aromatic rings. The zero-order valence-electron chi connectivity index (χ0n) is 50.0. The van der Waals surface area contributed by atoms with Crippen LogP contribution in [-0.2, 0) is 28.6 Å². The third-order valence-corrected chi connectivity index (χ3v) is 13.8. The summed E-state index contributed by atoms with van der Waals surface area (Å²) in [6.45, 7) is 6.43. The molecule has 0 heterocycles. The number of allylic oxidation sites excluding steroid dienone is 16. The van der Waals surface area contributed by atoms with Gasteiger partial charge in [0.2, 0.25) is 0 Å². The molecule has 0 bridgehead atoms. The molecule has 76 heavy (non-hydrogen) atoms. The van der Waals surface area contributed by atoms with Crippen molar-refractivity contribution in [3.8, 4) is 0 Å². The Kier molecular flexibility index (Phi) is 60.8. The number of hydrogen-bond acceptors (Lipinski definition) is 6. The SMILES string of the molecule is CC/C=C\C/C=C\C/C=C\C/C=C\CCCCCCCCCCCCC(=O)OCC(COC(=O)CCCCCCCCC/C=C\C/C=C\C/C=C\CC)OC(=O)CCCCCCCCC/C=C\CCCCCCCCC. The van der Waals surface area contributed by atoms with Gasteiger partial charge in [0.1, 0.15) is 13.2 Å². The van der Waals surface area contributed by atoms with Crippen molar-refractivity contribution in [1.82, 2.24) is 0 Å². The Balaban J connectivity index is 4.38. The van der Waals surface area contributed by atoms with Crippen molar-refractivity contribution in [2.24, 2.45) is 0 Å². The van der Waals surface area contributed by atoms with E-state index in [1.807, 2.05) is 0 Å². The molecule has 0 aliphatic rings.